The van der Waals surface area contributed by atoms with E-state index in [1.165, 1.54) is 18.2 Å². The molecule has 102 valence electrons. The van der Waals surface area contributed by atoms with Crippen LogP contribution in [-0.4, -0.2) is 44.7 Å². The molecule has 0 aromatic heterocycles. The van der Waals surface area contributed by atoms with Crippen molar-refractivity contribution in [1.29, 1.82) is 0 Å². The molecular weight excluding hydrogens is 266 g/mol. The summed E-state index contributed by atoms with van der Waals surface area (Å²) in [6.07, 6.45) is 2.32. The zero-order valence-corrected chi connectivity index (χ0v) is 11.4. The summed E-state index contributed by atoms with van der Waals surface area (Å²) in [5.74, 6) is 0.378. The van der Waals surface area contributed by atoms with Crippen molar-refractivity contribution in [2.75, 3.05) is 19.3 Å². The summed E-state index contributed by atoms with van der Waals surface area (Å²) >= 11 is 0. The average molecular weight is 281 g/mol. The number of benzene rings is 1. The number of nitrogens with zero attached hydrogens (tertiary/aromatic N) is 1. The molecule has 1 amide bonds. The van der Waals surface area contributed by atoms with E-state index >= 15 is 0 Å². The van der Waals surface area contributed by atoms with Gasteiger partial charge in [0.2, 0.25) is 5.91 Å². The van der Waals surface area contributed by atoms with Gasteiger partial charge >= 0.3 is 0 Å². The van der Waals surface area contributed by atoms with Crippen LogP contribution in [0.15, 0.2) is 41.8 Å². The molecule has 0 bridgehead atoms. The number of rotatable bonds is 4. The number of hydrogen-bond donors (Lipinski definition) is 0. The fourth-order valence-electron chi connectivity index (χ4n) is 1.79. The molecule has 2 rings (SSSR count). The lowest BCUT2D eigenvalue weighted by Gasteiger charge is -2.38. The van der Waals surface area contributed by atoms with Gasteiger partial charge < -0.3 is 9.64 Å². The fourth-order valence-corrected chi connectivity index (χ4v) is 2.45. The van der Waals surface area contributed by atoms with Crippen LogP contribution in [-0.2, 0) is 14.6 Å². The zero-order valence-electron chi connectivity index (χ0n) is 10.6. The van der Waals surface area contributed by atoms with Crippen molar-refractivity contribution in [2.45, 2.75) is 11.0 Å². The van der Waals surface area contributed by atoms with Crippen LogP contribution in [0.3, 0.4) is 0 Å². The highest BCUT2D eigenvalue weighted by molar-refractivity contribution is 7.90. The molecule has 0 N–H and O–H groups in total. The molecule has 1 aliphatic rings. The van der Waals surface area contributed by atoms with Gasteiger partial charge in [0, 0.05) is 6.26 Å². The van der Waals surface area contributed by atoms with E-state index < -0.39 is 9.84 Å². The Kier molecular flexibility index (Phi) is 3.61. The predicted octanol–water partition coefficient (Wildman–Crippen LogP) is 0.866. The Balaban J connectivity index is 1.99. The quantitative estimate of drug-likeness (QED) is 0.768. The van der Waals surface area contributed by atoms with Crippen LogP contribution in [0, 0.1) is 0 Å². The van der Waals surface area contributed by atoms with Gasteiger partial charge in [-0.2, -0.15) is 0 Å². The van der Waals surface area contributed by atoms with Gasteiger partial charge in [0.05, 0.1) is 18.0 Å². The highest BCUT2D eigenvalue weighted by Gasteiger charge is 2.30. The Morgan fingerprint density at radius 2 is 2.16 bits per heavy atom. The SMILES string of the molecule is C=CC(=O)N1CC(Oc2cccc(S(C)(=O)=O)c2)C1. The molecule has 6 heteroatoms. The first kappa shape index (κ1) is 13.6. The Morgan fingerprint density at radius 1 is 1.47 bits per heavy atom. The topological polar surface area (TPSA) is 63.7 Å². The van der Waals surface area contributed by atoms with Crippen molar-refractivity contribution in [3.8, 4) is 5.75 Å². The molecule has 0 radical (unpaired) electrons. The molecule has 1 saturated heterocycles. The molecule has 0 atom stereocenters. The largest absolute Gasteiger partial charge is 0.487 e. The number of sulfone groups is 1. The molecule has 0 saturated carbocycles. The molecule has 1 heterocycles. The second kappa shape index (κ2) is 5.05. The minimum Gasteiger partial charge on any atom is -0.487 e. The van der Waals surface area contributed by atoms with Crippen molar-refractivity contribution >= 4 is 15.7 Å². The summed E-state index contributed by atoms with van der Waals surface area (Å²) in [6, 6.07) is 6.35. The van der Waals surface area contributed by atoms with Gasteiger partial charge in [-0.05, 0) is 24.3 Å². The predicted molar refractivity (Wildman–Crippen MR) is 70.7 cm³/mol. The van der Waals surface area contributed by atoms with E-state index in [1.54, 1.807) is 17.0 Å². The first-order chi connectivity index (χ1) is 8.90. The van der Waals surface area contributed by atoms with Crippen molar-refractivity contribution in [1.82, 2.24) is 4.90 Å². The highest BCUT2D eigenvalue weighted by atomic mass is 32.2. The maximum absolute atomic E-state index is 11.4. The van der Waals surface area contributed by atoms with Crippen LogP contribution < -0.4 is 4.74 Å². The lowest BCUT2D eigenvalue weighted by Crippen LogP contribution is -2.55. The molecule has 1 aromatic carbocycles. The number of likely N-dealkylation sites (tertiary alicyclic amines) is 1. The lowest BCUT2D eigenvalue weighted by molar-refractivity contribution is -0.134. The summed E-state index contributed by atoms with van der Waals surface area (Å²) < 4.78 is 28.4. The first-order valence-corrected chi connectivity index (χ1v) is 7.67. The molecule has 0 aliphatic carbocycles. The van der Waals surface area contributed by atoms with Gasteiger partial charge in [0.1, 0.15) is 11.9 Å². The van der Waals surface area contributed by atoms with Crippen molar-refractivity contribution in [2.24, 2.45) is 0 Å². The van der Waals surface area contributed by atoms with Crippen LogP contribution >= 0.6 is 0 Å². The number of carbonyl (C=O) groups excluding carboxylic acids is 1. The molecule has 19 heavy (non-hydrogen) atoms. The van der Waals surface area contributed by atoms with Gasteiger partial charge in [0.15, 0.2) is 9.84 Å². The maximum Gasteiger partial charge on any atom is 0.246 e. The number of amides is 1. The minimum atomic E-state index is -3.24. The van der Waals surface area contributed by atoms with Crippen LogP contribution in [0.5, 0.6) is 5.75 Å². The van der Waals surface area contributed by atoms with Crippen LogP contribution in [0.25, 0.3) is 0 Å². The van der Waals surface area contributed by atoms with Gasteiger partial charge in [-0.3, -0.25) is 4.79 Å². The monoisotopic (exact) mass is 281 g/mol. The Bertz CT molecular complexity index is 603. The summed E-state index contributed by atoms with van der Waals surface area (Å²) in [4.78, 5) is 13.1. The van der Waals surface area contributed by atoms with Crippen molar-refractivity contribution in [3.63, 3.8) is 0 Å². The maximum atomic E-state index is 11.4. The van der Waals surface area contributed by atoms with Gasteiger partial charge in [-0.25, -0.2) is 8.42 Å². The Hall–Kier alpha value is -1.82. The Morgan fingerprint density at radius 3 is 2.74 bits per heavy atom. The third kappa shape index (κ3) is 3.14. The van der Waals surface area contributed by atoms with Crippen molar-refractivity contribution < 1.29 is 17.9 Å². The summed E-state index contributed by atoms with van der Waals surface area (Å²) in [7, 11) is -3.24. The minimum absolute atomic E-state index is 0.0984. The average Bonchev–Trinajstić information content (AvgIpc) is 2.31. The summed E-state index contributed by atoms with van der Waals surface area (Å²) in [6.45, 7) is 4.40. The molecule has 0 spiro atoms. The van der Waals surface area contributed by atoms with E-state index in [-0.39, 0.29) is 16.9 Å². The first-order valence-electron chi connectivity index (χ1n) is 5.78. The summed E-state index contributed by atoms with van der Waals surface area (Å²) in [5.41, 5.74) is 0. The van der Waals surface area contributed by atoms with Gasteiger partial charge in [-0.1, -0.05) is 12.6 Å². The zero-order chi connectivity index (χ0) is 14.0. The smallest absolute Gasteiger partial charge is 0.246 e. The third-order valence-electron chi connectivity index (χ3n) is 2.87. The second-order valence-electron chi connectivity index (χ2n) is 4.43. The Labute approximate surface area is 112 Å². The molecule has 1 aromatic rings. The van der Waals surface area contributed by atoms with E-state index in [0.717, 1.165) is 6.26 Å². The van der Waals surface area contributed by atoms with E-state index in [1.807, 2.05) is 0 Å². The van der Waals surface area contributed by atoms with E-state index in [2.05, 4.69) is 6.58 Å². The van der Waals surface area contributed by atoms with Gasteiger partial charge in [0.25, 0.3) is 0 Å². The molecule has 0 unspecified atom stereocenters. The summed E-state index contributed by atoms with van der Waals surface area (Å²) in [5, 5.41) is 0. The fraction of sp³-hybridized carbons (Fsp3) is 0.308. The lowest BCUT2D eigenvalue weighted by atomic mass is 10.1. The molecule has 5 nitrogen and oxygen atoms in total. The molecular formula is C13H15NO4S. The van der Waals surface area contributed by atoms with Crippen LogP contribution in [0.4, 0.5) is 0 Å². The van der Waals surface area contributed by atoms with Crippen LogP contribution in [0.1, 0.15) is 0 Å². The second-order valence-corrected chi connectivity index (χ2v) is 6.45. The standard InChI is InChI=1S/C13H15NO4S/c1-3-13(15)14-8-11(9-14)18-10-5-4-6-12(7-10)19(2,16)17/h3-7,11H,1,8-9H2,2H3. The normalized spacial score (nSPS) is 15.7. The number of carbonyl (C=O) groups is 1. The third-order valence-corrected chi connectivity index (χ3v) is 3.98. The van der Waals surface area contributed by atoms with E-state index in [4.69, 9.17) is 4.74 Å². The highest BCUT2D eigenvalue weighted by Crippen LogP contribution is 2.21. The van der Waals surface area contributed by atoms with E-state index in [0.29, 0.717) is 18.8 Å². The van der Waals surface area contributed by atoms with Crippen molar-refractivity contribution in [3.05, 3.63) is 36.9 Å². The molecule has 1 fully saturated rings. The number of ether oxygens (including phenoxy) is 1. The van der Waals surface area contributed by atoms with Crippen LogP contribution in [0.2, 0.25) is 0 Å². The van der Waals surface area contributed by atoms with E-state index in [9.17, 15) is 13.2 Å². The molecule has 1 aliphatic heterocycles. The number of hydrogen-bond acceptors (Lipinski definition) is 4. The van der Waals surface area contributed by atoms with Gasteiger partial charge in [-0.15, -0.1) is 0 Å².